The van der Waals surface area contributed by atoms with Crippen LogP contribution in [0.3, 0.4) is 0 Å². The fourth-order valence-corrected chi connectivity index (χ4v) is 1.63. The summed E-state index contributed by atoms with van der Waals surface area (Å²) in [4.78, 5) is 12.3. The van der Waals surface area contributed by atoms with E-state index in [0.717, 1.165) is 38.8 Å². The zero-order valence-corrected chi connectivity index (χ0v) is 8.37. The van der Waals surface area contributed by atoms with Crippen LogP contribution in [0.25, 0.3) is 0 Å². The second kappa shape index (κ2) is 5.97. The van der Waals surface area contributed by atoms with Gasteiger partial charge in [-0.1, -0.05) is 19.8 Å². The summed E-state index contributed by atoms with van der Waals surface area (Å²) in [5.41, 5.74) is 0. The number of hydrogen-bond donors (Lipinski definition) is 0. The number of nitrogens with zero attached hydrogens (tertiary/aromatic N) is 1. The molecule has 0 aromatic carbocycles. The zero-order chi connectivity index (χ0) is 9.52. The van der Waals surface area contributed by atoms with Crippen LogP contribution in [0.15, 0.2) is 0 Å². The summed E-state index contributed by atoms with van der Waals surface area (Å²) in [6.45, 7) is 3.83. The summed E-state index contributed by atoms with van der Waals surface area (Å²) >= 11 is 0. The lowest BCUT2D eigenvalue weighted by atomic mass is 10.3. The van der Waals surface area contributed by atoms with Crippen LogP contribution in [0.4, 0.5) is 0 Å². The lowest BCUT2D eigenvalue weighted by Gasteiger charge is -2.19. The number of likely N-dealkylation sites (tertiary alicyclic amines) is 1. The SMILES string of the molecule is CCCCCOC1CCCN1C=O. The Hall–Kier alpha value is -0.570. The van der Waals surface area contributed by atoms with Crippen molar-refractivity contribution in [2.75, 3.05) is 13.2 Å². The second-order valence-electron chi connectivity index (χ2n) is 3.52. The zero-order valence-electron chi connectivity index (χ0n) is 8.37. The molecule has 1 rings (SSSR count). The summed E-state index contributed by atoms with van der Waals surface area (Å²) in [6.07, 6.45) is 6.59. The van der Waals surface area contributed by atoms with Crippen LogP contribution < -0.4 is 0 Å². The van der Waals surface area contributed by atoms with Gasteiger partial charge < -0.3 is 9.64 Å². The van der Waals surface area contributed by atoms with Gasteiger partial charge in [-0.25, -0.2) is 0 Å². The number of unbranched alkanes of at least 4 members (excludes halogenated alkanes) is 2. The Kier molecular flexibility index (Phi) is 4.83. The van der Waals surface area contributed by atoms with E-state index in [-0.39, 0.29) is 6.23 Å². The van der Waals surface area contributed by atoms with Gasteiger partial charge in [0.25, 0.3) is 0 Å². The molecular weight excluding hydrogens is 166 g/mol. The molecule has 1 amide bonds. The molecule has 0 radical (unpaired) electrons. The number of amides is 1. The van der Waals surface area contributed by atoms with E-state index in [9.17, 15) is 4.79 Å². The third-order valence-electron chi connectivity index (χ3n) is 2.43. The first-order valence-electron chi connectivity index (χ1n) is 5.21. The van der Waals surface area contributed by atoms with Crippen molar-refractivity contribution in [1.82, 2.24) is 4.90 Å². The molecule has 1 atom stereocenters. The second-order valence-corrected chi connectivity index (χ2v) is 3.52. The van der Waals surface area contributed by atoms with E-state index < -0.39 is 0 Å². The average molecular weight is 185 g/mol. The van der Waals surface area contributed by atoms with Crippen LogP contribution in [0.1, 0.15) is 39.0 Å². The molecule has 0 N–H and O–H groups in total. The summed E-state index contributed by atoms with van der Waals surface area (Å²) in [7, 11) is 0. The maximum Gasteiger partial charge on any atom is 0.211 e. The minimum atomic E-state index is 0.0642. The van der Waals surface area contributed by atoms with Crippen molar-refractivity contribution in [3.05, 3.63) is 0 Å². The monoisotopic (exact) mass is 185 g/mol. The molecular formula is C10H19NO2. The molecule has 13 heavy (non-hydrogen) atoms. The highest BCUT2D eigenvalue weighted by molar-refractivity contribution is 5.47. The number of carbonyl (C=O) groups excluding carboxylic acids is 1. The Labute approximate surface area is 80.1 Å². The molecule has 0 aromatic heterocycles. The highest BCUT2D eigenvalue weighted by Crippen LogP contribution is 2.16. The summed E-state index contributed by atoms with van der Waals surface area (Å²) in [5, 5.41) is 0. The van der Waals surface area contributed by atoms with E-state index in [1.165, 1.54) is 12.8 Å². The fourth-order valence-electron chi connectivity index (χ4n) is 1.63. The Morgan fingerprint density at radius 2 is 2.38 bits per heavy atom. The Morgan fingerprint density at radius 3 is 3.08 bits per heavy atom. The first kappa shape index (κ1) is 10.5. The number of hydrogen-bond acceptors (Lipinski definition) is 2. The van der Waals surface area contributed by atoms with Crippen molar-refractivity contribution in [2.24, 2.45) is 0 Å². The molecule has 1 saturated heterocycles. The normalized spacial score (nSPS) is 22.2. The maximum absolute atomic E-state index is 10.6. The third kappa shape index (κ3) is 3.35. The summed E-state index contributed by atoms with van der Waals surface area (Å²) < 4.78 is 5.60. The van der Waals surface area contributed by atoms with Crippen LogP contribution in [0.5, 0.6) is 0 Å². The van der Waals surface area contributed by atoms with Gasteiger partial charge in [-0.2, -0.15) is 0 Å². The topological polar surface area (TPSA) is 29.5 Å². The quantitative estimate of drug-likeness (QED) is 0.466. The van der Waals surface area contributed by atoms with Crippen LogP contribution in [0.2, 0.25) is 0 Å². The van der Waals surface area contributed by atoms with Crippen molar-refractivity contribution in [3.63, 3.8) is 0 Å². The van der Waals surface area contributed by atoms with E-state index in [1.807, 2.05) is 0 Å². The molecule has 0 aromatic rings. The van der Waals surface area contributed by atoms with Gasteiger partial charge in [0.1, 0.15) is 6.23 Å². The van der Waals surface area contributed by atoms with Crippen LogP contribution in [-0.2, 0) is 9.53 Å². The van der Waals surface area contributed by atoms with E-state index >= 15 is 0 Å². The standard InChI is InChI=1S/C10H19NO2/c1-2-3-4-8-13-10-6-5-7-11(10)9-12/h9-10H,2-8H2,1H3. The molecule has 1 aliphatic rings. The molecule has 76 valence electrons. The van der Waals surface area contributed by atoms with Gasteiger partial charge in [0.2, 0.25) is 6.41 Å². The first-order chi connectivity index (χ1) is 6.38. The van der Waals surface area contributed by atoms with E-state index in [0.29, 0.717) is 0 Å². The summed E-state index contributed by atoms with van der Waals surface area (Å²) in [6, 6.07) is 0. The Morgan fingerprint density at radius 1 is 1.54 bits per heavy atom. The van der Waals surface area contributed by atoms with Crippen LogP contribution >= 0.6 is 0 Å². The molecule has 1 heterocycles. The van der Waals surface area contributed by atoms with Gasteiger partial charge in [0.05, 0.1) is 0 Å². The Bertz CT molecular complexity index is 150. The lowest BCUT2D eigenvalue weighted by molar-refractivity contribution is -0.128. The highest BCUT2D eigenvalue weighted by Gasteiger charge is 2.22. The van der Waals surface area contributed by atoms with Gasteiger partial charge in [0, 0.05) is 13.2 Å². The van der Waals surface area contributed by atoms with Gasteiger partial charge in [-0.05, 0) is 19.3 Å². The molecule has 0 saturated carbocycles. The van der Waals surface area contributed by atoms with Crippen LogP contribution in [0, 0.1) is 0 Å². The van der Waals surface area contributed by atoms with E-state index in [2.05, 4.69) is 6.92 Å². The van der Waals surface area contributed by atoms with Crippen LogP contribution in [-0.4, -0.2) is 30.7 Å². The molecule has 0 spiro atoms. The maximum atomic E-state index is 10.6. The highest BCUT2D eigenvalue weighted by atomic mass is 16.5. The van der Waals surface area contributed by atoms with Gasteiger partial charge >= 0.3 is 0 Å². The molecule has 0 bridgehead atoms. The van der Waals surface area contributed by atoms with E-state index in [1.54, 1.807) is 4.90 Å². The molecule has 0 aliphatic carbocycles. The summed E-state index contributed by atoms with van der Waals surface area (Å²) in [5.74, 6) is 0. The van der Waals surface area contributed by atoms with Crippen molar-refractivity contribution in [3.8, 4) is 0 Å². The van der Waals surface area contributed by atoms with Crippen molar-refractivity contribution >= 4 is 6.41 Å². The van der Waals surface area contributed by atoms with Crippen molar-refractivity contribution < 1.29 is 9.53 Å². The minimum absolute atomic E-state index is 0.0642. The number of rotatable bonds is 6. The average Bonchev–Trinajstić information content (AvgIpc) is 2.60. The van der Waals surface area contributed by atoms with Crippen molar-refractivity contribution in [2.45, 2.75) is 45.3 Å². The van der Waals surface area contributed by atoms with Gasteiger partial charge in [-0.15, -0.1) is 0 Å². The van der Waals surface area contributed by atoms with Crippen molar-refractivity contribution in [1.29, 1.82) is 0 Å². The number of ether oxygens (including phenoxy) is 1. The largest absolute Gasteiger partial charge is 0.358 e. The first-order valence-corrected chi connectivity index (χ1v) is 5.21. The molecule has 1 aliphatic heterocycles. The Balaban J connectivity index is 2.09. The van der Waals surface area contributed by atoms with Gasteiger partial charge in [0.15, 0.2) is 0 Å². The minimum Gasteiger partial charge on any atom is -0.358 e. The number of carbonyl (C=O) groups is 1. The predicted octanol–water partition coefficient (Wildman–Crippen LogP) is 1.77. The lowest BCUT2D eigenvalue weighted by Crippen LogP contribution is -2.30. The predicted molar refractivity (Wildman–Crippen MR) is 51.3 cm³/mol. The molecule has 1 unspecified atom stereocenters. The van der Waals surface area contributed by atoms with E-state index in [4.69, 9.17) is 4.74 Å². The third-order valence-corrected chi connectivity index (χ3v) is 2.43. The molecule has 1 fully saturated rings. The fraction of sp³-hybridized carbons (Fsp3) is 0.900. The smallest absolute Gasteiger partial charge is 0.211 e. The molecule has 3 nitrogen and oxygen atoms in total. The van der Waals surface area contributed by atoms with Gasteiger partial charge in [-0.3, -0.25) is 4.79 Å². The molecule has 3 heteroatoms.